The van der Waals surface area contributed by atoms with Crippen molar-refractivity contribution in [3.05, 3.63) is 71.3 Å². The summed E-state index contributed by atoms with van der Waals surface area (Å²) < 4.78 is 5.59. The van der Waals surface area contributed by atoms with Crippen molar-refractivity contribution in [2.75, 3.05) is 13.7 Å². The minimum absolute atomic E-state index is 0.126. The standard InChI is InChI=1S/C18H17NO3/c1-22-15-11-19-17(20)13-9-5-6-10-14(13)18(19,21)16(15)12-7-3-2-4-8-12/h2-10,15-16,21H,11H2,1H3/t15-,16+,18-/m0/s1. The third kappa shape index (κ3) is 1.56. The molecule has 1 N–H and O–H groups in total. The van der Waals surface area contributed by atoms with E-state index in [4.69, 9.17) is 4.74 Å². The van der Waals surface area contributed by atoms with Crippen molar-refractivity contribution in [2.45, 2.75) is 17.7 Å². The van der Waals surface area contributed by atoms with Gasteiger partial charge in [-0.15, -0.1) is 0 Å². The molecule has 0 saturated carbocycles. The highest BCUT2D eigenvalue weighted by molar-refractivity contribution is 6.00. The third-order valence-corrected chi connectivity index (χ3v) is 4.84. The Morgan fingerprint density at radius 2 is 1.82 bits per heavy atom. The number of hydrogen-bond donors (Lipinski definition) is 1. The lowest BCUT2D eigenvalue weighted by molar-refractivity contribution is -0.0754. The van der Waals surface area contributed by atoms with Crippen LogP contribution in [0.2, 0.25) is 0 Å². The number of methoxy groups -OCH3 is 1. The monoisotopic (exact) mass is 295 g/mol. The van der Waals surface area contributed by atoms with E-state index in [2.05, 4.69) is 0 Å². The van der Waals surface area contributed by atoms with Gasteiger partial charge in [0.05, 0.1) is 18.6 Å². The van der Waals surface area contributed by atoms with E-state index in [1.165, 1.54) is 0 Å². The second-order valence-electron chi connectivity index (χ2n) is 5.85. The number of carbonyl (C=O) groups is 1. The van der Waals surface area contributed by atoms with E-state index in [1.807, 2.05) is 48.5 Å². The Labute approximate surface area is 128 Å². The summed E-state index contributed by atoms with van der Waals surface area (Å²) in [5, 5.41) is 11.5. The number of fused-ring (bicyclic) bond motifs is 3. The zero-order chi connectivity index (χ0) is 15.3. The van der Waals surface area contributed by atoms with E-state index >= 15 is 0 Å². The second kappa shape index (κ2) is 4.66. The normalized spacial score (nSPS) is 29.5. The lowest BCUT2D eigenvalue weighted by Gasteiger charge is -2.33. The lowest BCUT2D eigenvalue weighted by Crippen LogP contribution is -2.41. The molecule has 22 heavy (non-hydrogen) atoms. The Hall–Kier alpha value is -2.17. The van der Waals surface area contributed by atoms with Crippen LogP contribution in [0.4, 0.5) is 0 Å². The number of carbonyl (C=O) groups excluding carboxylic acids is 1. The average Bonchev–Trinajstić information content (AvgIpc) is 2.98. The molecule has 2 aromatic rings. The molecule has 2 aliphatic heterocycles. The maximum atomic E-state index is 12.6. The number of amides is 1. The third-order valence-electron chi connectivity index (χ3n) is 4.84. The van der Waals surface area contributed by atoms with Crippen LogP contribution in [0.1, 0.15) is 27.4 Å². The molecule has 2 aromatic carbocycles. The lowest BCUT2D eigenvalue weighted by atomic mass is 9.83. The van der Waals surface area contributed by atoms with Crippen LogP contribution in [0, 0.1) is 0 Å². The Morgan fingerprint density at radius 1 is 1.14 bits per heavy atom. The SMILES string of the molecule is CO[C@H]1CN2C(=O)c3ccccc3[C@]2(O)[C@@H]1c1ccccc1. The zero-order valence-corrected chi connectivity index (χ0v) is 12.3. The summed E-state index contributed by atoms with van der Waals surface area (Å²) in [6, 6.07) is 17.1. The molecule has 2 heterocycles. The van der Waals surface area contributed by atoms with Crippen molar-refractivity contribution in [3.63, 3.8) is 0 Å². The molecule has 112 valence electrons. The van der Waals surface area contributed by atoms with Gasteiger partial charge in [-0.25, -0.2) is 0 Å². The number of ether oxygens (including phenoxy) is 1. The van der Waals surface area contributed by atoms with Crippen LogP contribution in [-0.4, -0.2) is 35.7 Å². The summed E-state index contributed by atoms with van der Waals surface area (Å²) >= 11 is 0. The van der Waals surface area contributed by atoms with E-state index < -0.39 is 5.72 Å². The first-order valence-corrected chi connectivity index (χ1v) is 7.39. The van der Waals surface area contributed by atoms with Crippen molar-refractivity contribution in [1.82, 2.24) is 4.90 Å². The van der Waals surface area contributed by atoms with Crippen LogP contribution in [0.15, 0.2) is 54.6 Å². The van der Waals surface area contributed by atoms with Gasteiger partial charge in [-0.2, -0.15) is 0 Å². The number of nitrogens with zero attached hydrogens (tertiary/aromatic N) is 1. The van der Waals surface area contributed by atoms with E-state index in [9.17, 15) is 9.90 Å². The first-order valence-electron chi connectivity index (χ1n) is 7.39. The van der Waals surface area contributed by atoms with Gasteiger partial charge in [0.1, 0.15) is 0 Å². The molecule has 1 saturated heterocycles. The predicted octanol–water partition coefficient (Wildman–Crippen LogP) is 2.10. The first-order chi connectivity index (χ1) is 10.7. The van der Waals surface area contributed by atoms with E-state index in [1.54, 1.807) is 18.1 Å². The molecule has 0 radical (unpaired) electrons. The van der Waals surface area contributed by atoms with Gasteiger partial charge in [0.25, 0.3) is 5.91 Å². The van der Waals surface area contributed by atoms with Gasteiger partial charge in [0, 0.05) is 18.2 Å². The molecule has 1 fully saturated rings. The van der Waals surface area contributed by atoms with Gasteiger partial charge in [-0.05, 0) is 11.6 Å². The van der Waals surface area contributed by atoms with E-state index in [-0.39, 0.29) is 17.9 Å². The average molecular weight is 295 g/mol. The van der Waals surface area contributed by atoms with Crippen LogP contribution in [-0.2, 0) is 10.5 Å². The molecule has 0 unspecified atom stereocenters. The summed E-state index contributed by atoms with van der Waals surface area (Å²) in [5.74, 6) is -0.426. The summed E-state index contributed by atoms with van der Waals surface area (Å²) in [4.78, 5) is 14.2. The molecule has 4 heteroatoms. The smallest absolute Gasteiger partial charge is 0.256 e. The predicted molar refractivity (Wildman–Crippen MR) is 81.4 cm³/mol. The molecule has 0 aliphatic carbocycles. The number of aliphatic hydroxyl groups is 1. The quantitative estimate of drug-likeness (QED) is 0.923. The van der Waals surface area contributed by atoms with E-state index in [0.717, 1.165) is 5.56 Å². The van der Waals surface area contributed by atoms with Crippen molar-refractivity contribution < 1.29 is 14.6 Å². The fourth-order valence-electron chi connectivity index (χ4n) is 3.86. The molecule has 1 amide bonds. The Balaban J connectivity index is 1.93. The fraction of sp³-hybridized carbons (Fsp3) is 0.278. The van der Waals surface area contributed by atoms with Gasteiger partial charge >= 0.3 is 0 Å². The molecule has 2 aliphatic rings. The molecule has 0 spiro atoms. The van der Waals surface area contributed by atoms with Gasteiger partial charge in [-0.3, -0.25) is 4.79 Å². The van der Waals surface area contributed by atoms with Crippen molar-refractivity contribution in [3.8, 4) is 0 Å². The minimum atomic E-state index is -1.34. The van der Waals surface area contributed by atoms with Crippen LogP contribution < -0.4 is 0 Å². The van der Waals surface area contributed by atoms with Crippen molar-refractivity contribution in [2.24, 2.45) is 0 Å². The highest BCUT2D eigenvalue weighted by atomic mass is 16.5. The van der Waals surface area contributed by atoms with Crippen LogP contribution in [0.3, 0.4) is 0 Å². The van der Waals surface area contributed by atoms with Gasteiger partial charge in [-0.1, -0.05) is 48.5 Å². The molecule has 4 rings (SSSR count). The first kappa shape index (κ1) is 13.5. The minimum Gasteiger partial charge on any atom is -0.379 e. The fourth-order valence-corrected chi connectivity index (χ4v) is 3.86. The summed E-state index contributed by atoms with van der Waals surface area (Å²) in [6.07, 6.45) is -0.232. The molecule has 0 aromatic heterocycles. The summed E-state index contributed by atoms with van der Waals surface area (Å²) in [5.41, 5.74) is 0.896. The summed E-state index contributed by atoms with van der Waals surface area (Å²) in [6.45, 7) is 0.389. The van der Waals surface area contributed by atoms with Gasteiger partial charge < -0.3 is 14.7 Å². The van der Waals surface area contributed by atoms with E-state index in [0.29, 0.717) is 17.7 Å². The number of hydrogen-bond acceptors (Lipinski definition) is 3. The molecular formula is C18H17NO3. The second-order valence-corrected chi connectivity index (χ2v) is 5.85. The molecule has 3 atom stereocenters. The number of rotatable bonds is 2. The van der Waals surface area contributed by atoms with Crippen LogP contribution >= 0.6 is 0 Å². The largest absolute Gasteiger partial charge is 0.379 e. The Bertz CT molecular complexity index is 730. The topological polar surface area (TPSA) is 49.8 Å². The van der Waals surface area contributed by atoms with Crippen molar-refractivity contribution in [1.29, 1.82) is 0 Å². The maximum absolute atomic E-state index is 12.6. The van der Waals surface area contributed by atoms with Gasteiger partial charge in [0.2, 0.25) is 0 Å². The molecule has 0 bridgehead atoms. The molecule has 4 nitrogen and oxygen atoms in total. The number of benzene rings is 2. The zero-order valence-electron chi connectivity index (χ0n) is 12.3. The Kier molecular flexibility index (Phi) is 2.86. The highest BCUT2D eigenvalue weighted by Crippen LogP contribution is 2.53. The summed E-state index contributed by atoms with van der Waals surface area (Å²) in [7, 11) is 1.63. The highest BCUT2D eigenvalue weighted by Gasteiger charge is 2.61. The van der Waals surface area contributed by atoms with Crippen LogP contribution in [0.5, 0.6) is 0 Å². The van der Waals surface area contributed by atoms with Crippen LogP contribution in [0.25, 0.3) is 0 Å². The van der Waals surface area contributed by atoms with Gasteiger partial charge in [0.15, 0.2) is 5.72 Å². The Morgan fingerprint density at radius 3 is 2.55 bits per heavy atom. The van der Waals surface area contributed by atoms with Crippen molar-refractivity contribution >= 4 is 5.91 Å². The molecular weight excluding hydrogens is 278 g/mol. The maximum Gasteiger partial charge on any atom is 0.256 e.